The SMILES string of the molecule is COCC(O)CCNc1ccc(N)c(C#N)c1. The minimum Gasteiger partial charge on any atom is -0.398 e. The molecule has 1 rings (SSSR count). The summed E-state index contributed by atoms with van der Waals surface area (Å²) in [6.07, 6.45) is 0.108. The van der Waals surface area contributed by atoms with E-state index in [-0.39, 0.29) is 0 Å². The minimum absolute atomic E-state index is 0.326. The number of nitrogens with two attached hydrogens (primary N) is 1. The van der Waals surface area contributed by atoms with Crippen molar-refractivity contribution < 1.29 is 9.84 Å². The standard InChI is InChI=1S/C12H17N3O2/c1-17-8-11(16)4-5-15-10-2-3-12(14)9(6-10)7-13/h2-3,6,11,15-16H,4-5,8,14H2,1H3. The van der Waals surface area contributed by atoms with Gasteiger partial charge in [-0.3, -0.25) is 0 Å². The number of methoxy groups -OCH3 is 1. The Balaban J connectivity index is 2.45. The molecule has 5 heteroatoms. The molecule has 1 aromatic rings. The van der Waals surface area contributed by atoms with E-state index in [1.807, 2.05) is 6.07 Å². The van der Waals surface area contributed by atoms with E-state index in [4.69, 9.17) is 15.7 Å². The molecule has 0 bridgehead atoms. The average molecular weight is 235 g/mol. The fourth-order valence-corrected chi connectivity index (χ4v) is 1.42. The van der Waals surface area contributed by atoms with Crippen LogP contribution in [0, 0.1) is 11.3 Å². The Bertz CT molecular complexity index is 401. The van der Waals surface area contributed by atoms with Crippen LogP contribution in [0.5, 0.6) is 0 Å². The quantitative estimate of drug-likeness (QED) is 0.638. The lowest BCUT2D eigenvalue weighted by Gasteiger charge is -2.11. The molecular weight excluding hydrogens is 218 g/mol. The molecule has 1 aromatic carbocycles. The molecule has 17 heavy (non-hydrogen) atoms. The fraction of sp³-hybridized carbons (Fsp3) is 0.417. The van der Waals surface area contributed by atoms with Crippen molar-refractivity contribution in [1.29, 1.82) is 5.26 Å². The summed E-state index contributed by atoms with van der Waals surface area (Å²) in [5.41, 5.74) is 7.35. The normalized spacial score (nSPS) is 11.8. The Hall–Kier alpha value is -1.77. The van der Waals surface area contributed by atoms with E-state index in [1.54, 1.807) is 25.3 Å². The van der Waals surface area contributed by atoms with Gasteiger partial charge in [-0.15, -0.1) is 0 Å². The minimum atomic E-state index is -0.475. The van der Waals surface area contributed by atoms with Gasteiger partial charge in [-0.25, -0.2) is 0 Å². The van der Waals surface area contributed by atoms with E-state index in [9.17, 15) is 5.11 Å². The van der Waals surface area contributed by atoms with Crippen LogP contribution in [0.2, 0.25) is 0 Å². The molecule has 0 amide bonds. The molecule has 4 N–H and O–H groups in total. The van der Waals surface area contributed by atoms with Crippen LogP contribution < -0.4 is 11.1 Å². The Morgan fingerprint density at radius 2 is 2.35 bits per heavy atom. The van der Waals surface area contributed by atoms with Gasteiger partial charge in [0.2, 0.25) is 0 Å². The molecule has 1 atom stereocenters. The molecule has 0 aliphatic rings. The third-order valence-electron chi connectivity index (χ3n) is 2.34. The first-order chi connectivity index (χ1) is 8.17. The topological polar surface area (TPSA) is 91.3 Å². The number of nitrogen functional groups attached to an aromatic ring is 1. The summed E-state index contributed by atoms with van der Waals surface area (Å²) < 4.78 is 4.82. The Labute approximate surface area is 101 Å². The second kappa shape index (κ2) is 6.74. The Kier molecular flexibility index (Phi) is 5.27. The molecule has 0 radical (unpaired) electrons. The maximum absolute atomic E-state index is 9.43. The number of rotatable bonds is 6. The van der Waals surface area contributed by atoms with Crippen LogP contribution in [0.3, 0.4) is 0 Å². The number of aliphatic hydroxyl groups excluding tert-OH is 1. The van der Waals surface area contributed by atoms with Gasteiger partial charge in [-0.05, 0) is 24.6 Å². The lowest BCUT2D eigenvalue weighted by molar-refractivity contribution is 0.0615. The first-order valence-corrected chi connectivity index (χ1v) is 5.38. The Morgan fingerprint density at radius 3 is 3.00 bits per heavy atom. The van der Waals surface area contributed by atoms with Crippen molar-refractivity contribution in [2.45, 2.75) is 12.5 Å². The van der Waals surface area contributed by atoms with Gasteiger partial charge in [-0.2, -0.15) is 5.26 Å². The summed E-state index contributed by atoms with van der Waals surface area (Å²) in [4.78, 5) is 0. The molecule has 0 aliphatic carbocycles. The zero-order valence-electron chi connectivity index (χ0n) is 9.81. The molecule has 0 saturated heterocycles. The Morgan fingerprint density at radius 1 is 1.59 bits per heavy atom. The first kappa shape index (κ1) is 13.3. The summed E-state index contributed by atoms with van der Waals surface area (Å²) in [6.45, 7) is 0.937. The highest BCUT2D eigenvalue weighted by molar-refractivity contribution is 5.61. The molecule has 0 aromatic heterocycles. The van der Waals surface area contributed by atoms with Crippen molar-refractivity contribution in [3.63, 3.8) is 0 Å². The van der Waals surface area contributed by atoms with Gasteiger partial charge in [0.25, 0.3) is 0 Å². The zero-order valence-corrected chi connectivity index (χ0v) is 9.81. The molecule has 0 fully saturated rings. The van der Waals surface area contributed by atoms with Crippen molar-refractivity contribution in [2.75, 3.05) is 31.3 Å². The highest BCUT2D eigenvalue weighted by atomic mass is 16.5. The number of benzene rings is 1. The zero-order chi connectivity index (χ0) is 12.7. The molecule has 5 nitrogen and oxygen atoms in total. The van der Waals surface area contributed by atoms with Gasteiger partial charge in [0.05, 0.1) is 18.3 Å². The van der Waals surface area contributed by atoms with Crippen LogP contribution in [0.25, 0.3) is 0 Å². The molecule has 92 valence electrons. The van der Waals surface area contributed by atoms with Crippen LogP contribution in [-0.2, 0) is 4.74 Å². The summed E-state index contributed by atoms with van der Waals surface area (Å²) in [7, 11) is 1.55. The van der Waals surface area contributed by atoms with Gasteiger partial charge in [0.1, 0.15) is 6.07 Å². The van der Waals surface area contributed by atoms with Gasteiger partial charge in [-0.1, -0.05) is 0 Å². The van der Waals surface area contributed by atoms with E-state index in [2.05, 4.69) is 5.32 Å². The number of nitrogens with one attached hydrogen (secondary N) is 1. The molecule has 1 unspecified atom stereocenters. The fourth-order valence-electron chi connectivity index (χ4n) is 1.42. The molecule has 0 heterocycles. The number of hydrogen-bond donors (Lipinski definition) is 3. The van der Waals surface area contributed by atoms with Crippen LogP contribution in [0.15, 0.2) is 18.2 Å². The van der Waals surface area contributed by atoms with Crippen molar-refractivity contribution >= 4 is 11.4 Å². The smallest absolute Gasteiger partial charge is 0.101 e. The van der Waals surface area contributed by atoms with Gasteiger partial charge >= 0.3 is 0 Å². The highest BCUT2D eigenvalue weighted by Crippen LogP contribution is 2.16. The summed E-state index contributed by atoms with van der Waals surface area (Å²) >= 11 is 0. The lowest BCUT2D eigenvalue weighted by Crippen LogP contribution is -2.18. The highest BCUT2D eigenvalue weighted by Gasteiger charge is 2.03. The number of anilines is 2. The van der Waals surface area contributed by atoms with Gasteiger partial charge < -0.3 is 20.9 Å². The third kappa shape index (κ3) is 4.31. The summed E-state index contributed by atoms with van der Waals surface area (Å²) in [5, 5.41) is 21.4. The maximum Gasteiger partial charge on any atom is 0.101 e. The molecule has 0 aliphatic heterocycles. The second-order valence-electron chi connectivity index (χ2n) is 3.74. The van der Waals surface area contributed by atoms with Crippen LogP contribution in [-0.4, -0.2) is 31.5 Å². The molecular formula is C12H17N3O2. The van der Waals surface area contributed by atoms with Crippen molar-refractivity contribution in [3.05, 3.63) is 23.8 Å². The van der Waals surface area contributed by atoms with E-state index in [0.717, 1.165) is 5.69 Å². The number of hydrogen-bond acceptors (Lipinski definition) is 5. The molecule has 0 spiro atoms. The second-order valence-corrected chi connectivity index (χ2v) is 3.74. The predicted molar refractivity (Wildman–Crippen MR) is 66.6 cm³/mol. The average Bonchev–Trinajstić information content (AvgIpc) is 2.31. The lowest BCUT2D eigenvalue weighted by atomic mass is 10.1. The van der Waals surface area contributed by atoms with Crippen molar-refractivity contribution in [3.8, 4) is 6.07 Å². The van der Waals surface area contributed by atoms with Crippen LogP contribution in [0.4, 0.5) is 11.4 Å². The maximum atomic E-state index is 9.43. The van der Waals surface area contributed by atoms with Crippen molar-refractivity contribution in [2.24, 2.45) is 0 Å². The van der Waals surface area contributed by atoms with Gasteiger partial charge in [0, 0.05) is 25.0 Å². The number of aliphatic hydroxyl groups is 1. The molecule has 0 saturated carbocycles. The van der Waals surface area contributed by atoms with E-state index < -0.39 is 6.10 Å². The van der Waals surface area contributed by atoms with E-state index in [1.165, 1.54) is 0 Å². The summed E-state index contributed by atoms with van der Waals surface area (Å²) in [6, 6.07) is 7.20. The predicted octanol–water partition coefficient (Wildman–Crippen LogP) is 0.950. The summed E-state index contributed by atoms with van der Waals surface area (Å²) in [5.74, 6) is 0. The largest absolute Gasteiger partial charge is 0.398 e. The third-order valence-corrected chi connectivity index (χ3v) is 2.34. The number of nitriles is 1. The number of ether oxygens (including phenoxy) is 1. The first-order valence-electron chi connectivity index (χ1n) is 5.38. The van der Waals surface area contributed by atoms with Gasteiger partial charge in [0.15, 0.2) is 0 Å². The number of nitrogens with zero attached hydrogens (tertiary/aromatic N) is 1. The van der Waals surface area contributed by atoms with Crippen molar-refractivity contribution in [1.82, 2.24) is 0 Å². The van der Waals surface area contributed by atoms with Crippen LogP contribution >= 0.6 is 0 Å². The van der Waals surface area contributed by atoms with E-state index >= 15 is 0 Å². The monoisotopic (exact) mass is 235 g/mol. The van der Waals surface area contributed by atoms with E-state index in [0.29, 0.717) is 30.8 Å². The van der Waals surface area contributed by atoms with Crippen LogP contribution in [0.1, 0.15) is 12.0 Å².